The van der Waals surface area contributed by atoms with Crippen LogP contribution < -0.4 is 5.32 Å². The summed E-state index contributed by atoms with van der Waals surface area (Å²) in [6, 6.07) is 6.37. The number of rotatable bonds is 4. The van der Waals surface area contributed by atoms with Gasteiger partial charge in [0.05, 0.1) is 0 Å². The number of halogens is 1. The molecule has 0 heterocycles. The van der Waals surface area contributed by atoms with Crippen LogP contribution in [0.4, 0.5) is 4.39 Å². The number of hydrogen-bond acceptors (Lipinski definition) is 1. The molecule has 2 saturated carbocycles. The van der Waals surface area contributed by atoms with Crippen LogP contribution in [0.2, 0.25) is 0 Å². The third-order valence-electron chi connectivity index (χ3n) is 3.78. The Morgan fingerprint density at radius 2 is 2.19 bits per heavy atom. The third-order valence-corrected chi connectivity index (χ3v) is 3.78. The van der Waals surface area contributed by atoms with Gasteiger partial charge in [-0.3, -0.25) is 0 Å². The van der Waals surface area contributed by atoms with Crippen LogP contribution in [0.3, 0.4) is 0 Å². The molecule has 1 aromatic rings. The number of benzene rings is 1. The molecule has 0 aromatic heterocycles. The van der Waals surface area contributed by atoms with Gasteiger partial charge in [-0.05, 0) is 61.8 Å². The molecule has 3 rings (SSSR count). The average Bonchev–Trinajstić information content (AvgIpc) is 3.13. The molecule has 0 aliphatic heterocycles. The summed E-state index contributed by atoms with van der Waals surface area (Å²) < 4.78 is 13.1. The molecule has 0 spiro atoms. The molecule has 2 aliphatic carbocycles. The van der Waals surface area contributed by atoms with Crippen molar-refractivity contribution in [2.24, 2.45) is 5.92 Å². The molecule has 2 heteroatoms. The van der Waals surface area contributed by atoms with Gasteiger partial charge in [0.1, 0.15) is 5.82 Å². The monoisotopic (exact) mass is 219 g/mol. The Hall–Kier alpha value is -0.890. The van der Waals surface area contributed by atoms with Crippen LogP contribution >= 0.6 is 0 Å². The highest BCUT2D eigenvalue weighted by atomic mass is 19.1. The van der Waals surface area contributed by atoms with Crippen molar-refractivity contribution in [3.8, 4) is 0 Å². The first-order valence-electron chi connectivity index (χ1n) is 6.23. The minimum atomic E-state index is -0.0861. The highest BCUT2D eigenvalue weighted by molar-refractivity contribution is 5.31. The lowest BCUT2D eigenvalue weighted by Gasteiger charge is -2.04. The molecule has 1 aromatic carbocycles. The van der Waals surface area contributed by atoms with Gasteiger partial charge >= 0.3 is 0 Å². The van der Waals surface area contributed by atoms with Crippen molar-refractivity contribution in [3.63, 3.8) is 0 Å². The van der Waals surface area contributed by atoms with Crippen LogP contribution in [0.5, 0.6) is 0 Å². The van der Waals surface area contributed by atoms with Crippen molar-refractivity contribution in [1.82, 2.24) is 5.32 Å². The zero-order valence-electron chi connectivity index (χ0n) is 9.67. The maximum absolute atomic E-state index is 13.1. The first kappa shape index (κ1) is 10.3. The van der Waals surface area contributed by atoms with Gasteiger partial charge < -0.3 is 5.32 Å². The van der Waals surface area contributed by atoms with Gasteiger partial charge in [-0.15, -0.1) is 0 Å². The van der Waals surface area contributed by atoms with E-state index >= 15 is 0 Å². The normalized spacial score (nSPS) is 28.1. The van der Waals surface area contributed by atoms with Crippen molar-refractivity contribution in [2.45, 2.75) is 38.1 Å². The van der Waals surface area contributed by atoms with Gasteiger partial charge in [0.2, 0.25) is 0 Å². The summed E-state index contributed by atoms with van der Waals surface area (Å²) >= 11 is 0. The van der Waals surface area contributed by atoms with Gasteiger partial charge in [0, 0.05) is 6.04 Å². The zero-order chi connectivity index (χ0) is 11.1. The average molecular weight is 219 g/mol. The van der Waals surface area contributed by atoms with E-state index in [1.807, 2.05) is 19.1 Å². The van der Waals surface area contributed by atoms with E-state index in [0.29, 0.717) is 5.92 Å². The summed E-state index contributed by atoms with van der Waals surface area (Å²) in [6.45, 7) is 2.99. The summed E-state index contributed by atoms with van der Waals surface area (Å²) in [7, 11) is 0. The summed E-state index contributed by atoms with van der Waals surface area (Å²) in [6.07, 6.45) is 3.98. The van der Waals surface area contributed by atoms with Crippen LogP contribution in [0.25, 0.3) is 0 Å². The summed E-state index contributed by atoms with van der Waals surface area (Å²) in [4.78, 5) is 0. The van der Waals surface area contributed by atoms with Crippen LogP contribution in [0.15, 0.2) is 18.2 Å². The molecule has 86 valence electrons. The van der Waals surface area contributed by atoms with E-state index in [-0.39, 0.29) is 5.82 Å². The van der Waals surface area contributed by atoms with Gasteiger partial charge in [0.15, 0.2) is 0 Å². The van der Waals surface area contributed by atoms with E-state index in [4.69, 9.17) is 0 Å². The molecular formula is C14H18FN. The second-order valence-corrected chi connectivity index (χ2v) is 5.29. The Bertz CT molecular complexity index is 398. The van der Waals surface area contributed by atoms with E-state index in [0.717, 1.165) is 24.1 Å². The largest absolute Gasteiger partial charge is 0.314 e. The lowest BCUT2D eigenvalue weighted by Crippen LogP contribution is -2.19. The standard InChI is InChI=1S/C14H18FN/c1-9-6-10(2-5-14(9)15)13-7-11(13)8-16-12-3-4-12/h2,5-6,11-13,16H,3-4,7-8H2,1H3. The first-order chi connectivity index (χ1) is 7.74. The lowest BCUT2D eigenvalue weighted by molar-refractivity contribution is 0.613. The molecule has 2 atom stereocenters. The summed E-state index contributed by atoms with van der Waals surface area (Å²) in [5.41, 5.74) is 2.10. The van der Waals surface area contributed by atoms with E-state index in [1.54, 1.807) is 6.07 Å². The zero-order valence-corrected chi connectivity index (χ0v) is 9.67. The van der Waals surface area contributed by atoms with Crippen LogP contribution in [-0.2, 0) is 0 Å². The highest BCUT2D eigenvalue weighted by Crippen LogP contribution is 2.47. The van der Waals surface area contributed by atoms with E-state index in [1.165, 1.54) is 24.8 Å². The molecule has 1 N–H and O–H groups in total. The topological polar surface area (TPSA) is 12.0 Å². The van der Waals surface area contributed by atoms with E-state index in [2.05, 4.69) is 5.32 Å². The molecule has 2 aliphatic rings. The van der Waals surface area contributed by atoms with E-state index < -0.39 is 0 Å². The van der Waals surface area contributed by atoms with Crippen molar-refractivity contribution < 1.29 is 4.39 Å². The molecule has 2 unspecified atom stereocenters. The number of aryl methyl sites for hydroxylation is 1. The van der Waals surface area contributed by atoms with Crippen LogP contribution in [0.1, 0.15) is 36.3 Å². The Kier molecular flexibility index (Phi) is 2.47. The van der Waals surface area contributed by atoms with Crippen molar-refractivity contribution >= 4 is 0 Å². The fourth-order valence-electron chi connectivity index (χ4n) is 2.39. The predicted octanol–water partition coefficient (Wildman–Crippen LogP) is 2.99. The smallest absolute Gasteiger partial charge is 0.126 e. The van der Waals surface area contributed by atoms with Crippen molar-refractivity contribution in [1.29, 1.82) is 0 Å². The SMILES string of the molecule is Cc1cc(C2CC2CNC2CC2)ccc1F. The second-order valence-electron chi connectivity index (χ2n) is 5.29. The minimum absolute atomic E-state index is 0.0861. The van der Waals surface area contributed by atoms with Gasteiger partial charge in [-0.25, -0.2) is 4.39 Å². The Labute approximate surface area is 96.1 Å². The van der Waals surface area contributed by atoms with Gasteiger partial charge in [-0.1, -0.05) is 12.1 Å². The quantitative estimate of drug-likeness (QED) is 0.821. The minimum Gasteiger partial charge on any atom is -0.314 e. The van der Waals surface area contributed by atoms with Crippen LogP contribution in [-0.4, -0.2) is 12.6 Å². The van der Waals surface area contributed by atoms with Crippen LogP contribution in [0, 0.1) is 18.7 Å². The maximum Gasteiger partial charge on any atom is 0.126 e. The summed E-state index contributed by atoms with van der Waals surface area (Å²) in [5.74, 6) is 1.37. The highest BCUT2D eigenvalue weighted by Gasteiger charge is 2.38. The molecule has 0 amide bonds. The van der Waals surface area contributed by atoms with Crippen molar-refractivity contribution in [2.75, 3.05) is 6.54 Å². The van der Waals surface area contributed by atoms with Gasteiger partial charge in [-0.2, -0.15) is 0 Å². The molecular weight excluding hydrogens is 201 g/mol. The molecule has 0 bridgehead atoms. The Morgan fingerprint density at radius 1 is 1.38 bits per heavy atom. The fraction of sp³-hybridized carbons (Fsp3) is 0.571. The van der Waals surface area contributed by atoms with E-state index in [9.17, 15) is 4.39 Å². The molecule has 0 saturated heterocycles. The second kappa shape index (κ2) is 3.85. The first-order valence-corrected chi connectivity index (χ1v) is 6.23. The predicted molar refractivity (Wildman–Crippen MR) is 63.0 cm³/mol. The lowest BCUT2D eigenvalue weighted by atomic mass is 10.1. The number of nitrogens with one attached hydrogen (secondary N) is 1. The Morgan fingerprint density at radius 3 is 2.88 bits per heavy atom. The van der Waals surface area contributed by atoms with Crippen molar-refractivity contribution in [3.05, 3.63) is 35.1 Å². The fourth-order valence-corrected chi connectivity index (χ4v) is 2.39. The third kappa shape index (κ3) is 2.12. The summed E-state index contributed by atoms with van der Waals surface area (Å²) in [5, 5.41) is 3.57. The Balaban J connectivity index is 1.59. The van der Waals surface area contributed by atoms with Gasteiger partial charge in [0.25, 0.3) is 0 Å². The molecule has 1 nitrogen and oxygen atoms in total. The number of hydrogen-bond donors (Lipinski definition) is 1. The molecule has 0 radical (unpaired) electrons. The molecule has 2 fully saturated rings. The maximum atomic E-state index is 13.1. The molecule has 16 heavy (non-hydrogen) atoms.